The first-order valence-electron chi connectivity index (χ1n) is 3.49. The molecule has 0 aliphatic heterocycles. The highest BCUT2D eigenvalue weighted by Gasteiger charge is 2.14. The molecule has 0 aromatic carbocycles. The lowest BCUT2D eigenvalue weighted by atomic mass is 9.90. The zero-order valence-corrected chi connectivity index (χ0v) is 7.05. The van der Waals surface area contributed by atoms with Gasteiger partial charge in [-0.2, -0.15) is 5.10 Å². The molecule has 1 heterocycles. The van der Waals surface area contributed by atoms with E-state index >= 15 is 0 Å². The van der Waals surface area contributed by atoms with Crippen molar-refractivity contribution in [1.29, 1.82) is 0 Å². The van der Waals surface area contributed by atoms with E-state index in [9.17, 15) is 0 Å². The van der Waals surface area contributed by atoms with Gasteiger partial charge in [0.1, 0.15) is 0 Å². The van der Waals surface area contributed by atoms with Crippen LogP contribution in [0.1, 0.15) is 33.8 Å². The van der Waals surface area contributed by atoms with Crippen LogP contribution in [0.15, 0.2) is 12.4 Å². The fraction of sp³-hybridized carbons (Fsp3) is 0.667. The summed E-state index contributed by atoms with van der Waals surface area (Å²) in [4.78, 5) is 0. The van der Waals surface area contributed by atoms with Crippen LogP contribution in [0.2, 0.25) is 0 Å². The molecule has 2 heteroatoms. The van der Waals surface area contributed by atoms with Crippen LogP contribution in [0.25, 0.3) is 0 Å². The van der Waals surface area contributed by atoms with Gasteiger partial charge in [-0.3, -0.25) is 4.68 Å². The maximum atomic E-state index is 4.10. The number of hydrogen-bond acceptors (Lipinski definition) is 1. The second kappa shape index (κ2) is 3.07. The van der Waals surface area contributed by atoms with Crippen molar-refractivity contribution in [3.8, 4) is 0 Å². The highest BCUT2D eigenvalue weighted by atomic mass is 15.2. The molecular formula is C9H18N2. The summed E-state index contributed by atoms with van der Waals surface area (Å²) in [7, 11) is 1.94. The van der Waals surface area contributed by atoms with E-state index in [1.165, 1.54) is 5.56 Å². The monoisotopic (exact) mass is 154 g/mol. The lowest BCUT2D eigenvalue weighted by Crippen LogP contribution is -2.09. The Labute approximate surface area is 69.2 Å². The smallest absolute Gasteiger partial charge is 0.0526 e. The lowest BCUT2D eigenvalue weighted by molar-refractivity contribution is 0.589. The minimum absolute atomic E-state index is 0. The number of nitrogens with zero attached hydrogens (tertiary/aromatic N) is 2. The standard InChI is InChI=1S/C8H14N2.CH4/c1-8(2,3)7-5-9-10(4)6-7;/h5-6H,1-4H3;1H4. The summed E-state index contributed by atoms with van der Waals surface area (Å²) in [5.41, 5.74) is 1.52. The average Bonchev–Trinajstić information content (AvgIpc) is 2.11. The molecule has 0 N–H and O–H groups in total. The van der Waals surface area contributed by atoms with E-state index in [0.717, 1.165) is 0 Å². The normalized spacial score (nSPS) is 10.9. The largest absolute Gasteiger partial charge is 0.276 e. The Bertz CT molecular complexity index is 218. The number of hydrogen-bond donors (Lipinski definition) is 0. The lowest BCUT2D eigenvalue weighted by Gasteiger charge is -2.14. The highest BCUT2D eigenvalue weighted by Crippen LogP contribution is 2.20. The zero-order chi connectivity index (χ0) is 7.78. The molecule has 0 radical (unpaired) electrons. The van der Waals surface area contributed by atoms with Gasteiger partial charge in [-0.15, -0.1) is 0 Å². The van der Waals surface area contributed by atoms with E-state index in [2.05, 4.69) is 32.1 Å². The van der Waals surface area contributed by atoms with Crippen molar-refractivity contribution in [3.05, 3.63) is 18.0 Å². The average molecular weight is 154 g/mol. The van der Waals surface area contributed by atoms with Gasteiger partial charge in [0.05, 0.1) is 6.20 Å². The third kappa shape index (κ3) is 2.37. The van der Waals surface area contributed by atoms with Gasteiger partial charge >= 0.3 is 0 Å². The second-order valence-electron chi connectivity index (χ2n) is 3.65. The molecule has 0 saturated heterocycles. The predicted octanol–water partition coefficient (Wildman–Crippen LogP) is 2.35. The highest BCUT2D eigenvalue weighted by molar-refractivity contribution is 5.14. The molecule has 1 aromatic rings. The van der Waals surface area contributed by atoms with E-state index in [1.54, 1.807) is 0 Å². The number of aryl methyl sites for hydroxylation is 1. The molecule has 0 atom stereocenters. The second-order valence-corrected chi connectivity index (χ2v) is 3.65. The molecule has 64 valence electrons. The molecule has 0 unspecified atom stereocenters. The summed E-state index contributed by atoms with van der Waals surface area (Å²) in [5.74, 6) is 0. The number of rotatable bonds is 0. The van der Waals surface area contributed by atoms with E-state index < -0.39 is 0 Å². The summed E-state index contributed by atoms with van der Waals surface area (Å²) < 4.78 is 1.83. The van der Waals surface area contributed by atoms with E-state index in [0.29, 0.717) is 0 Å². The Kier molecular flexibility index (Phi) is 2.85. The molecule has 1 rings (SSSR count). The summed E-state index contributed by atoms with van der Waals surface area (Å²) in [6.07, 6.45) is 3.97. The van der Waals surface area contributed by atoms with E-state index in [-0.39, 0.29) is 12.8 Å². The van der Waals surface area contributed by atoms with Gasteiger partial charge < -0.3 is 0 Å². The third-order valence-electron chi connectivity index (χ3n) is 1.57. The van der Waals surface area contributed by atoms with Crippen molar-refractivity contribution >= 4 is 0 Å². The topological polar surface area (TPSA) is 17.8 Å². The molecule has 0 saturated carbocycles. The van der Waals surface area contributed by atoms with Crippen LogP contribution in [-0.2, 0) is 12.5 Å². The summed E-state index contributed by atoms with van der Waals surface area (Å²) in [6, 6.07) is 0. The molecule has 0 spiro atoms. The van der Waals surface area contributed by atoms with Gasteiger partial charge in [-0.05, 0) is 11.0 Å². The fourth-order valence-electron chi connectivity index (χ4n) is 0.809. The van der Waals surface area contributed by atoms with Crippen LogP contribution in [0, 0.1) is 0 Å². The fourth-order valence-corrected chi connectivity index (χ4v) is 0.809. The molecule has 2 nitrogen and oxygen atoms in total. The van der Waals surface area contributed by atoms with Crippen LogP contribution in [0.3, 0.4) is 0 Å². The van der Waals surface area contributed by atoms with Crippen molar-refractivity contribution < 1.29 is 0 Å². The van der Waals surface area contributed by atoms with Crippen molar-refractivity contribution in [3.63, 3.8) is 0 Å². The predicted molar refractivity (Wildman–Crippen MR) is 48.6 cm³/mol. The summed E-state index contributed by atoms with van der Waals surface area (Å²) in [6.45, 7) is 6.55. The van der Waals surface area contributed by atoms with Crippen LogP contribution in [0.5, 0.6) is 0 Å². The van der Waals surface area contributed by atoms with Gasteiger partial charge in [-0.1, -0.05) is 28.2 Å². The zero-order valence-electron chi connectivity index (χ0n) is 7.05. The Morgan fingerprint density at radius 3 is 2.09 bits per heavy atom. The Morgan fingerprint density at radius 2 is 1.91 bits per heavy atom. The summed E-state index contributed by atoms with van der Waals surface area (Å²) in [5, 5.41) is 4.10. The van der Waals surface area contributed by atoms with Crippen molar-refractivity contribution in [2.45, 2.75) is 33.6 Å². The van der Waals surface area contributed by atoms with Gasteiger partial charge in [-0.25, -0.2) is 0 Å². The molecule has 0 bridgehead atoms. The van der Waals surface area contributed by atoms with E-state index in [1.807, 2.05) is 17.9 Å². The molecular weight excluding hydrogens is 136 g/mol. The molecule has 11 heavy (non-hydrogen) atoms. The van der Waals surface area contributed by atoms with Crippen molar-refractivity contribution in [2.24, 2.45) is 7.05 Å². The molecule has 1 aromatic heterocycles. The minimum Gasteiger partial charge on any atom is -0.276 e. The van der Waals surface area contributed by atoms with Crippen LogP contribution in [-0.4, -0.2) is 9.78 Å². The van der Waals surface area contributed by atoms with Gasteiger partial charge in [0.15, 0.2) is 0 Å². The first kappa shape index (κ1) is 10.2. The van der Waals surface area contributed by atoms with E-state index in [4.69, 9.17) is 0 Å². The van der Waals surface area contributed by atoms with Gasteiger partial charge in [0.2, 0.25) is 0 Å². The first-order valence-corrected chi connectivity index (χ1v) is 3.49. The van der Waals surface area contributed by atoms with Crippen LogP contribution >= 0.6 is 0 Å². The Hall–Kier alpha value is -0.790. The minimum atomic E-state index is 0. The van der Waals surface area contributed by atoms with Gasteiger partial charge in [0, 0.05) is 13.2 Å². The van der Waals surface area contributed by atoms with Crippen LogP contribution in [0.4, 0.5) is 0 Å². The third-order valence-corrected chi connectivity index (χ3v) is 1.57. The SMILES string of the molecule is C.Cn1cc(C(C)(C)C)cn1. The van der Waals surface area contributed by atoms with Crippen molar-refractivity contribution in [1.82, 2.24) is 9.78 Å². The van der Waals surface area contributed by atoms with Gasteiger partial charge in [0.25, 0.3) is 0 Å². The molecule has 0 amide bonds. The maximum absolute atomic E-state index is 4.10. The summed E-state index contributed by atoms with van der Waals surface area (Å²) >= 11 is 0. The molecule has 0 fully saturated rings. The Morgan fingerprint density at radius 1 is 1.36 bits per heavy atom. The molecule has 0 aliphatic rings. The maximum Gasteiger partial charge on any atom is 0.0526 e. The van der Waals surface area contributed by atoms with Crippen LogP contribution < -0.4 is 0 Å². The first-order chi connectivity index (χ1) is 4.50. The Balaban J connectivity index is 0.000001000. The number of aromatic nitrogens is 2. The quantitative estimate of drug-likeness (QED) is 0.561. The van der Waals surface area contributed by atoms with Crippen molar-refractivity contribution in [2.75, 3.05) is 0 Å². The molecule has 0 aliphatic carbocycles.